The van der Waals surface area contributed by atoms with Gasteiger partial charge in [0.15, 0.2) is 0 Å². The van der Waals surface area contributed by atoms with Crippen molar-refractivity contribution >= 4 is 0 Å². The molecule has 0 bridgehead atoms. The van der Waals surface area contributed by atoms with Crippen LogP contribution in [0.3, 0.4) is 0 Å². The number of aliphatic hydroxyl groups excluding tert-OH is 1. The van der Waals surface area contributed by atoms with Crippen molar-refractivity contribution in [2.45, 2.75) is 129 Å². The summed E-state index contributed by atoms with van der Waals surface area (Å²) in [6, 6.07) is 0. The van der Waals surface area contributed by atoms with Crippen molar-refractivity contribution < 1.29 is 5.11 Å². The third kappa shape index (κ3) is 23.9. The standard InChI is InChI=1S/C23H49NO/c1-2-21-24-22-19-17-15-13-11-9-7-5-3-4-6-8-10-12-14-16-18-20-23-25/h24-25H,2-23H2,1H3. The summed E-state index contributed by atoms with van der Waals surface area (Å²) in [6.45, 7) is 5.01. The van der Waals surface area contributed by atoms with Crippen LogP contribution in [0.2, 0.25) is 0 Å². The lowest BCUT2D eigenvalue weighted by Gasteiger charge is -2.04. The molecule has 0 spiro atoms. The molecule has 0 saturated carbocycles. The Morgan fingerprint density at radius 1 is 0.440 bits per heavy atom. The maximum Gasteiger partial charge on any atom is 0.0431 e. The van der Waals surface area contributed by atoms with Gasteiger partial charge < -0.3 is 10.4 Å². The van der Waals surface area contributed by atoms with E-state index in [2.05, 4.69) is 12.2 Å². The second-order valence-electron chi connectivity index (χ2n) is 7.84. The van der Waals surface area contributed by atoms with Crippen LogP contribution in [0.1, 0.15) is 129 Å². The van der Waals surface area contributed by atoms with E-state index in [1.54, 1.807) is 0 Å². The molecule has 0 atom stereocenters. The van der Waals surface area contributed by atoms with Crippen molar-refractivity contribution in [2.75, 3.05) is 19.7 Å². The SMILES string of the molecule is CCCNCCCCCCCCCCCCCCCCCCCCO. The van der Waals surface area contributed by atoms with Crippen LogP contribution in [0.25, 0.3) is 0 Å². The normalized spacial score (nSPS) is 11.3. The molecule has 0 fully saturated rings. The Morgan fingerprint density at radius 2 is 0.760 bits per heavy atom. The second-order valence-corrected chi connectivity index (χ2v) is 7.84. The molecule has 0 aromatic carbocycles. The number of hydrogen-bond acceptors (Lipinski definition) is 2. The molecule has 0 aliphatic heterocycles. The van der Waals surface area contributed by atoms with Gasteiger partial charge in [-0.25, -0.2) is 0 Å². The van der Waals surface area contributed by atoms with E-state index < -0.39 is 0 Å². The van der Waals surface area contributed by atoms with Crippen molar-refractivity contribution in [3.8, 4) is 0 Å². The summed E-state index contributed by atoms with van der Waals surface area (Å²) >= 11 is 0. The van der Waals surface area contributed by atoms with E-state index in [-0.39, 0.29) is 0 Å². The van der Waals surface area contributed by atoms with E-state index in [1.165, 1.54) is 129 Å². The Labute approximate surface area is 159 Å². The van der Waals surface area contributed by atoms with Gasteiger partial charge in [-0.05, 0) is 32.4 Å². The topological polar surface area (TPSA) is 32.3 Å². The summed E-state index contributed by atoms with van der Waals surface area (Å²) in [5.41, 5.74) is 0. The Bertz CT molecular complexity index is 198. The molecular weight excluding hydrogens is 306 g/mol. The Kier molecular flexibility index (Phi) is 23.8. The van der Waals surface area contributed by atoms with Gasteiger partial charge in [-0.1, -0.05) is 110 Å². The maximum absolute atomic E-state index is 8.72. The quantitative estimate of drug-likeness (QED) is 0.205. The molecule has 0 rings (SSSR count). The first kappa shape index (κ1) is 24.9. The average Bonchev–Trinajstić information content (AvgIpc) is 2.63. The van der Waals surface area contributed by atoms with Crippen molar-refractivity contribution in [1.29, 1.82) is 0 Å². The van der Waals surface area contributed by atoms with Crippen LogP contribution in [-0.2, 0) is 0 Å². The highest BCUT2D eigenvalue weighted by atomic mass is 16.2. The zero-order valence-electron chi connectivity index (χ0n) is 17.5. The molecule has 0 unspecified atom stereocenters. The first-order chi connectivity index (χ1) is 12.4. The number of aliphatic hydroxyl groups is 1. The summed E-state index contributed by atoms with van der Waals surface area (Å²) in [7, 11) is 0. The van der Waals surface area contributed by atoms with Crippen LogP contribution in [-0.4, -0.2) is 24.8 Å². The monoisotopic (exact) mass is 355 g/mol. The molecule has 0 amide bonds. The molecule has 0 radical (unpaired) electrons. The van der Waals surface area contributed by atoms with Gasteiger partial charge in [0.05, 0.1) is 0 Å². The number of rotatable bonds is 22. The molecule has 0 aromatic heterocycles. The van der Waals surface area contributed by atoms with Gasteiger partial charge in [0.1, 0.15) is 0 Å². The highest BCUT2D eigenvalue weighted by molar-refractivity contribution is 4.51. The van der Waals surface area contributed by atoms with E-state index in [0.717, 1.165) is 6.42 Å². The molecule has 0 aliphatic rings. The zero-order valence-corrected chi connectivity index (χ0v) is 17.5. The number of nitrogens with one attached hydrogen (secondary N) is 1. The lowest BCUT2D eigenvalue weighted by atomic mass is 10.0. The van der Waals surface area contributed by atoms with Crippen LogP contribution in [0.5, 0.6) is 0 Å². The fourth-order valence-electron chi connectivity index (χ4n) is 3.49. The molecule has 0 saturated heterocycles. The number of unbranched alkanes of at least 4 members (excludes halogenated alkanes) is 17. The summed E-state index contributed by atoms with van der Waals surface area (Å²) < 4.78 is 0. The van der Waals surface area contributed by atoms with Crippen LogP contribution in [0.4, 0.5) is 0 Å². The van der Waals surface area contributed by atoms with E-state index in [1.807, 2.05) is 0 Å². The Balaban J connectivity index is 2.94. The average molecular weight is 356 g/mol. The minimum absolute atomic E-state index is 0.372. The molecule has 2 heteroatoms. The Hall–Kier alpha value is -0.0800. The highest BCUT2D eigenvalue weighted by Gasteiger charge is 1.95. The summed E-state index contributed by atoms with van der Waals surface area (Å²) in [5.74, 6) is 0. The lowest BCUT2D eigenvalue weighted by molar-refractivity contribution is 0.282. The molecule has 25 heavy (non-hydrogen) atoms. The molecular formula is C23H49NO. The fraction of sp³-hybridized carbons (Fsp3) is 1.00. The van der Waals surface area contributed by atoms with Crippen LogP contribution < -0.4 is 5.32 Å². The summed E-state index contributed by atoms with van der Waals surface area (Å²) in [6.07, 6.45) is 26.3. The first-order valence-electron chi connectivity index (χ1n) is 11.7. The predicted molar refractivity (Wildman–Crippen MR) is 113 cm³/mol. The van der Waals surface area contributed by atoms with E-state index in [4.69, 9.17) is 5.11 Å². The lowest BCUT2D eigenvalue weighted by Crippen LogP contribution is -2.15. The minimum Gasteiger partial charge on any atom is -0.396 e. The van der Waals surface area contributed by atoms with Gasteiger partial charge in [0.25, 0.3) is 0 Å². The van der Waals surface area contributed by atoms with E-state index in [0.29, 0.717) is 6.61 Å². The smallest absolute Gasteiger partial charge is 0.0431 e. The molecule has 152 valence electrons. The molecule has 0 heterocycles. The van der Waals surface area contributed by atoms with Crippen molar-refractivity contribution in [2.24, 2.45) is 0 Å². The van der Waals surface area contributed by atoms with Crippen molar-refractivity contribution in [1.82, 2.24) is 5.32 Å². The largest absolute Gasteiger partial charge is 0.396 e. The minimum atomic E-state index is 0.372. The zero-order chi connectivity index (χ0) is 18.3. The van der Waals surface area contributed by atoms with E-state index >= 15 is 0 Å². The Morgan fingerprint density at radius 3 is 1.08 bits per heavy atom. The van der Waals surface area contributed by atoms with Gasteiger partial charge in [-0.15, -0.1) is 0 Å². The molecule has 2 N–H and O–H groups in total. The van der Waals surface area contributed by atoms with Gasteiger partial charge in [-0.3, -0.25) is 0 Å². The molecule has 0 aromatic rings. The van der Waals surface area contributed by atoms with Gasteiger partial charge in [-0.2, -0.15) is 0 Å². The first-order valence-corrected chi connectivity index (χ1v) is 11.7. The van der Waals surface area contributed by atoms with Crippen LogP contribution in [0, 0.1) is 0 Å². The van der Waals surface area contributed by atoms with Crippen LogP contribution in [0.15, 0.2) is 0 Å². The highest BCUT2D eigenvalue weighted by Crippen LogP contribution is 2.14. The third-order valence-corrected chi connectivity index (χ3v) is 5.19. The van der Waals surface area contributed by atoms with Gasteiger partial charge in [0, 0.05) is 6.61 Å². The molecule has 0 aliphatic carbocycles. The fourth-order valence-corrected chi connectivity index (χ4v) is 3.49. The van der Waals surface area contributed by atoms with Gasteiger partial charge in [0.2, 0.25) is 0 Å². The van der Waals surface area contributed by atoms with Crippen molar-refractivity contribution in [3.05, 3.63) is 0 Å². The van der Waals surface area contributed by atoms with Gasteiger partial charge >= 0.3 is 0 Å². The molecule has 2 nitrogen and oxygen atoms in total. The van der Waals surface area contributed by atoms with Crippen LogP contribution >= 0.6 is 0 Å². The maximum atomic E-state index is 8.72. The second kappa shape index (κ2) is 23.9. The number of hydrogen-bond donors (Lipinski definition) is 2. The summed E-state index contributed by atoms with van der Waals surface area (Å²) in [5, 5.41) is 12.2. The van der Waals surface area contributed by atoms with Crippen molar-refractivity contribution in [3.63, 3.8) is 0 Å². The van der Waals surface area contributed by atoms with E-state index in [9.17, 15) is 0 Å². The predicted octanol–water partition coefficient (Wildman–Crippen LogP) is 7.00. The third-order valence-electron chi connectivity index (χ3n) is 5.19. The summed E-state index contributed by atoms with van der Waals surface area (Å²) in [4.78, 5) is 0.